The molecule has 1 aliphatic carbocycles. The maximum absolute atomic E-state index is 11.3. The van der Waals surface area contributed by atoms with Crippen LogP contribution >= 0.6 is 0 Å². The van der Waals surface area contributed by atoms with Crippen LogP contribution in [0, 0.1) is 5.41 Å². The normalized spacial score (nSPS) is 19.1. The van der Waals surface area contributed by atoms with Crippen molar-refractivity contribution in [2.24, 2.45) is 5.41 Å². The molecule has 0 aromatic rings. The molecule has 0 radical (unpaired) electrons. The smallest absolute Gasteiger partial charge is 0.320 e. The predicted octanol–water partition coefficient (Wildman–Crippen LogP) is 0.488. The van der Waals surface area contributed by atoms with Crippen LogP contribution in [0.5, 0.6) is 0 Å². The highest BCUT2D eigenvalue weighted by Gasteiger charge is 2.54. The van der Waals surface area contributed by atoms with E-state index in [9.17, 15) is 14.4 Å². The Bertz CT molecular complexity index is 259. The fraction of sp³-hybridized carbons (Fsp3) is 0.667. The number of hydrogen-bond acceptors (Lipinski definition) is 4. The molecule has 1 aliphatic rings. The zero-order valence-corrected chi connectivity index (χ0v) is 7.75. The highest BCUT2D eigenvalue weighted by atomic mass is 16.5. The third-order valence-corrected chi connectivity index (χ3v) is 2.34. The van der Waals surface area contributed by atoms with Gasteiger partial charge in [0.25, 0.3) is 0 Å². The minimum atomic E-state index is -1.15. The Kier molecular flexibility index (Phi) is 2.50. The number of hydrogen-bond donors (Lipinski definition) is 0. The third kappa shape index (κ3) is 1.48. The largest absolute Gasteiger partial charge is 0.465 e. The van der Waals surface area contributed by atoms with Crippen LogP contribution in [0.15, 0.2) is 0 Å². The molecule has 1 fully saturated rings. The first-order valence-electron chi connectivity index (χ1n) is 4.23. The molecule has 1 rings (SSSR count). The molecule has 0 unspecified atom stereocenters. The number of ketones is 2. The molecule has 4 heteroatoms. The molecule has 0 spiro atoms. The van der Waals surface area contributed by atoms with Crippen LogP contribution in [-0.2, 0) is 19.1 Å². The molecule has 72 valence electrons. The van der Waals surface area contributed by atoms with Crippen molar-refractivity contribution >= 4 is 17.5 Å². The van der Waals surface area contributed by atoms with Gasteiger partial charge >= 0.3 is 5.97 Å². The van der Waals surface area contributed by atoms with E-state index in [0.717, 1.165) is 0 Å². The van der Waals surface area contributed by atoms with Gasteiger partial charge in [0.2, 0.25) is 0 Å². The molecule has 0 N–H and O–H groups in total. The van der Waals surface area contributed by atoms with Crippen molar-refractivity contribution in [1.29, 1.82) is 0 Å². The van der Waals surface area contributed by atoms with Crippen LogP contribution in [0.3, 0.4) is 0 Å². The molecule has 0 saturated heterocycles. The lowest BCUT2D eigenvalue weighted by molar-refractivity contribution is -0.169. The van der Waals surface area contributed by atoms with Crippen molar-refractivity contribution in [3.05, 3.63) is 0 Å². The summed E-state index contributed by atoms with van der Waals surface area (Å²) < 4.78 is 4.75. The first kappa shape index (κ1) is 9.89. The van der Waals surface area contributed by atoms with Crippen LogP contribution in [0.4, 0.5) is 0 Å². The second kappa shape index (κ2) is 3.28. The van der Waals surface area contributed by atoms with Gasteiger partial charge in [-0.15, -0.1) is 0 Å². The van der Waals surface area contributed by atoms with Crippen LogP contribution in [0.25, 0.3) is 0 Å². The number of carbonyl (C=O) groups excluding carboxylic acids is 3. The van der Waals surface area contributed by atoms with Crippen molar-refractivity contribution in [2.75, 3.05) is 6.61 Å². The van der Waals surface area contributed by atoms with Crippen LogP contribution in [-0.4, -0.2) is 24.1 Å². The number of esters is 1. The summed E-state index contributed by atoms with van der Waals surface area (Å²) in [5.74, 6) is -0.879. The maximum Gasteiger partial charge on any atom is 0.320 e. The summed E-state index contributed by atoms with van der Waals surface area (Å²) in [5, 5.41) is 0. The molecule has 0 aromatic heterocycles. The first-order chi connectivity index (χ1) is 6.03. The molecule has 13 heavy (non-hydrogen) atoms. The lowest BCUT2D eigenvalue weighted by Crippen LogP contribution is -2.50. The van der Waals surface area contributed by atoms with E-state index >= 15 is 0 Å². The Morgan fingerprint density at radius 3 is 2.31 bits per heavy atom. The third-order valence-electron chi connectivity index (χ3n) is 2.34. The van der Waals surface area contributed by atoms with Gasteiger partial charge in [-0.05, 0) is 13.8 Å². The Balaban J connectivity index is 2.75. The molecule has 1 saturated carbocycles. The number of rotatable bonds is 3. The maximum atomic E-state index is 11.3. The van der Waals surface area contributed by atoms with Crippen molar-refractivity contribution in [1.82, 2.24) is 0 Å². The van der Waals surface area contributed by atoms with E-state index in [1.165, 1.54) is 6.92 Å². The van der Waals surface area contributed by atoms with Gasteiger partial charge in [-0.1, -0.05) is 0 Å². The lowest BCUT2D eigenvalue weighted by atomic mass is 9.65. The zero-order chi connectivity index (χ0) is 10.1. The fourth-order valence-corrected chi connectivity index (χ4v) is 1.43. The average Bonchev–Trinajstić information content (AvgIpc) is 1.98. The van der Waals surface area contributed by atoms with Gasteiger partial charge < -0.3 is 4.74 Å². The van der Waals surface area contributed by atoms with E-state index in [0.29, 0.717) is 0 Å². The second-order valence-corrected chi connectivity index (χ2v) is 3.25. The van der Waals surface area contributed by atoms with Crippen LogP contribution in [0.1, 0.15) is 26.7 Å². The minimum Gasteiger partial charge on any atom is -0.465 e. The SMILES string of the molecule is CCOC(=O)C1(C(C)=O)CC(=O)C1. The molecular weight excluding hydrogens is 172 g/mol. The van der Waals surface area contributed by atoms with E-state index in [4.69, 9.17) is 4.74 Å². The number of carbonyl (C=O) groups is 3. The van der Waals surface area contributed by atoms with Gasteiger partial charge in [-0.3, -0.25) is 14.4 Å². The highest BCUT2D eigenvalue weighted by Crippen LogP contribution is 2.40. The topological polar surface area (TPSA) is 60.4 Å². The van der Waals surface area contributed by atoms with Gasteiger partial charge in [-0.2, -0.15) is 0 Å². The second-order valence-electron chi connectivity index (χ2n) is 3.25. The molecule has 4 nitrogen and oxygen atoms in total. The molecule has 0 aliphatic heterocycles. The van der Waals surface area contributed by atoms with Gasteiger partial charge in [0, 0.05) is 12.8 Å². The van der Waals surface area contributed by atoms with Crippen LogP contribution in [0.2, 0.25) is 0 Å². The molecule has 0 amide bonds. The zero-order valence-electron chi connectivity index (χ0n) is 7.75. The predicted molar refractivity (Wildman–Crippen MR) is 44.0 cm³/mol. The van der Waals surface area contributed by atoms with E-state index < -0.39 is 11.4 Å². The summed E-state index contributed by atoms with van der Waals surface area (Å²) in [5.41, 5.74) is -1.15. The van der Waals surface area contributed by atoms with Gasteiger partial charge in [0.05, 0.1) is 6.61 Å². The number of ether oxygens (including phenoxy) is 1. The molecule has 0 aromatic carbocycles. The van der Waals surface area contributed by atoms with Crippen molar-refractivity contribution in [3.63, 3.8) is 0 Å². The van der Waals surface area contributed by atoms with E-state index in [2.05, 4.69) is 0 Å². The quantitative estimate of drug-likeness (QED) is 0.473. The van der Waals surface area contributed by atoms with Crippen molar-refractivity contribution in [2.45, 2.75) is 26.7 Å². The molecule has 0 atom stereocenters. The summed E-state index contributed by atoms with van der Waals surface area (Å²) in [6.07, 6.45) is 0.0301. The average molecular weight is 184 g/mol. The van der Waals surface area contributed by atoms with E-state index in [1.54, 1.807) is 6.92 Å². The summed E-state index contributed by atoms with van der Waals surface area (Å²) in [6, 6.07) is 0. The lowest BCUT2D eigenvalue weighted by Gasteiger charge is -2.34. The summed E-state index contributed by atoms with van der Waals surface area (Å²) in [7, 11) is 0. The Hall–Kier alpha value is -1.19. The van der Waals surface area contributed by atoms with Crippen LogP contribution < -0.4 is 0 Å². The molecule has 0 bridgehead atoms. The minimum absolute atomic E-state index is 0.0150. The van der Waals surface area contributed by atoms with E-state index in [-0.39, 0.29) is 31.0 Å². The standard InChI is InChI=1S/C9H12O4/c1-3-13-8(12)9(6(2)10)4-7(11)5-9/h3-5H2,1-2H3. The van der Waals surface area contributed by atoms with Gasteiger partial charge in [0.15, 0.2) is 0 Å². The van der Waals surface area contributed by atoms with Crippen molar-refractivity contribution < 1.29 is 19.1 Å². The number of Topliss-reactive ketones (excluding diaryl/α,β-unsaturated/α-hetero) is 2. The monoisotopic (exact) mass is 184 g/mol. The first-order valence-corrected chi connectivity index (χ1v) is 4.23. The fourth-order valence-electron chi connectivity index (χ4n) is 1.43. The molecular formula is C9H12O4. The van der Waals surface area contributed by atoms with Crippen molar-refractivity contribution in [3.8, 4) is 0 Å². The summed E-state index contributed by atoms with van der Waals surface area (Å²) >= 11 is 0. The highest BCUT2D eigenvalue weighted by molar-refractivity contribution is 6.13. The Morgan fingerprint density at radius 1 is 1.46 bits per heavy atom. The summed E-state index contributed by atoms with van der Waals surface area (Å²) in [6.45, 7) is 3.23. The van der Waals surface area contributed by atoms with Gasteiger partial charge in [0.1, 0.15) is 17.0 Å². The molecule has 0 heterocycles. The Labute approximate surface area is 76.3 Å². The summed E-state index contributed by atoms with van der Waals surface area (Å²) in [4.78, 5) is 33.3. The Morgan fingerprint density at radius 2 is 2.00 bits per heavy atom. The van der Waals surface area contributed by atoms with Gasteiger partial charge in [-0.25, -0.2) is 0 Å². The van der Waals surface area contributed by atoms with E-state index in [1.807, 2.05) is 0 Å².